The average Bonchev–Trinajstić information content (AvgIpc) is 3.27. The molecule has 0 aromatic carbocycles. The summed E-state index contributed by atoms with van der Waals surface area (Å²) in [7, 11) is -1.17. The fraction of sp³-hybridized carbons (Fsp3) is 0.611. The van der Waals surface area contributed by atoms with Gasteiger partial charge in [0.25, 0.3) is 5.56 Å². The van der Waals surface area contributed by atoms with E-state index in [1.807, 2.05) is 0 Å². The molecule has 0 saturated heterocycles. The van der Waals surface area contributed by atoms with E-state index in [1.54, 1.807) is 23.2 Å². The molecule has 0 bridgehead atoms. The molecule has 0 radical (unpaired) electrons. The van der Waals surface area contributed by atoms with Gasteiger partial charge in [0, 0.05) is 20.9 Å². The maximum atomic E-state index is 12.9. The summed E-state index contributed by atoms with van der Waals surface area (Å²) in [5.74, 6) is -0.552. The Morgan fingerprint density at radius 2 is 2.15 bits per heavy atom. The Morgan fingerprint density at radius 1 is 1.42 bits per heavy atom. The number of nitrogens with zero attached hydrogens (tertiary/aromatic N) is 3. The third kappa shape index (κ3) is 4.42. The van der Waals surface area contributed by atoms with E-state index in [4.69, 9.17) is 4.74 Å². The van der Waals surface area contributed by atoms with Gasteiger partial charge < -0.3 is 14.4 Å². The van der Waals surface area contributed by atoms with Crippen LogP contribution in [0.3, 0.4) is 0 Å². The predicted octanol–water partition coefficient (Wildman–Crippen LogP) is 2.94. The van der Waals surface area contributed by atoms with Gasteiger partial charge >= 0.3 is 5.97 Å². The third-order valence-corrected chi connectivity index (χ3v) is 6.50. The second-order valence-corrected chi connectivity index (χ2v) is 14.0. The minimum absolute atomic E-state index is 0.251. The molecule has 0 unspecified atom stereocenters. The molecule has 2 aromatic heterocycles. The highest BCUT2D eigenvalue weighted by Crippen LogP contribution is 2.36. The van der Waals surface area contributed by atoms with Crippen molar-refractivity contribution < 1.29 is 14.6 Å². The molecular formula is C18H27N3O4Si. The molecule has 7 nitrogen and oxygen atoms in total. The largest absolute Gasteiger partial charge is 0.480 e. The van der Waals surface area contributed by atoms with Crippen molar-refractivity contribution >= 4 is 25.1 Å². The van der Waals surface area contributed by atoms with Gasteiger partial charge in [-0.25, -0.2) is 9.78 Å². The van der Waals surface area contributed by atoms with Gasteiger partial charge in [-0.05, 0) is 24.4 Å². The fourth-order valence-electron chi connectivity index (χ4n) is 2.98. The van der Waals surface area contributed by atoms with Gasteiger partial charge in [0.15, 0.2) is 0 Å². The summed E-state index contributed by atoms with van der Waals surface area (Å²) in [4.78, 5) is 28.9. The molecular weight excluding hydrogens is 350 g/mol. The second kappa shape index (κ2) is 7.36. The number of hydrogen-bond acceptors (Lipinski definition) is 4. The number of aliphatic carboxylic acids is 1. The van der Waals surface area contributed by atoms with Crippen LogP contribution in [0.1, 0.15) is 25.3 Å². The predicted molar refractivity (Wildman–Crippen MR) is 102 cm³/mol. The molecule has 8 heteroatoms. The standard InChI is InChI=1S/C18H27N3O4Si/c1-26(2,3)9-8-25-12-20-11-19-14-6-7-21(17(22)16(14)20)15(18(23)24)10-13-4-5-13/h6-7,11,13,15H,4-5,8-10,12H2,1-3H3,(H,23,24)/t15-/m0/s1. The third-order valence-electron chi connectivity index (χ3n) is 4.80. The SMILES string of the molecule is C[Si](C)(C)CCOCn1cnc2ccn([C@@H](CC3CC3)C(=O)O)c(=O)c21. The van der Waals surface area contributed by atoms with Crippen LogP contribution in [0.2, 0.25) is 25.7 Å². The second-order valence-electron chi connectivity index (χ2n) is 8.36. The molecule has 1 aliphatic carbocycles. The quantitative estimate of drug-likeness (QED) is 0.536. The van der Waals surface area contributed by atoms with Crippen molar-refractivity contribution in [3.63, 3.8) is 0 Å². The number of fused-ring (bicyclic) bond motifs is 1. The van der Waals surface area contributed by atoms with Crippen molar-refractivity contribution in [2.24, 2.45) is 5.92 Å². The number of carboxylic acid groups (broad SMARTS) is 1. The Labute approximate surface area is 153 Å². The van der Waals surface area contributed by atoms with Gasteiger partial charge in [0.05, 0.1) is 11.8 Å². The molecule has 2 aromatic rings. The monoisotopic (exact) mass is 377 g/mol. The summed E-state index contributed by atoms with van der Waals surface area (Å²) in [5, 5.41) is 9.57. The summed E-state index contributed by atoms with van der Waals surface area (Å²) < 4.78 is 8.74. The lowest BCUT2D eigenvalue weighted by atomic mass is 10.1. The molecule has 1 fully saturated rings. The number of pyridine rings is 1. The minimum atomic E-state index is -1.17. The zero-order valence-electron chi connectivity index (χ0n) is 15.6. The summed E-state index contributed by atoms with van der Waals surface area (Å²) in [5.41, 5.74) is 0.653. The highest BCUT2D eigenvalue weighted by atomic mass is 28.3. The molecule has 142 valence electrons. The van der Waals surface area contributed by atoms with E-state index in [9.17, 15) is 14.7 Å². The van der Waals surface area contributed by atoms with Gasteiger partial charge in [0.2, 0.25) is 0 Å². The van der Waals surface area contributed by atoms with Crippen LogP contribution in [0.15, 0.2) is 23.4 Å². The number of hydrogen-bond donors (Lipinski definition) is 1. The van der Waals surface area contributed by atoms with Crippen LogP contribution in [0, 0.1) is 5.92 Å². The maximum Gasteiger partial charge on any atom is 0.326 e. The Bertz CT molecular complexity index is 848. The lowest BCUT2D eigenvalue weighted by molar-refractivity contribution is -0.141. The van der Waals surface area contributed by atoms with Gasteiger partial charge in [0.1, 0.15) is 18.3 Å². The van der Waals surface area contributed by atoms with E-state index >= 15 is 0 Å². The molecule has 3 rings (SSSR count). The summed E-state index contributed by atoms with van der Waals surface area (Å²) >= 11 is 0. The Hall–Kier alpha value is -1.93. The highest BCUT2D eigenvalue weighted by Gasteiger charge is 2.31. The average molecular weight is 378 g/mol. The van der Waals surface area contributed by atoms with Crippen LogP contribution in [0.25, 0.3) is 11.0 Å². The molecule has 1 saturated carbocycles. The molecule has 1 aliphatic rings. The highest BCUT2D eigenvalue weighted by molar-refractivity contribution is 6.76. The summed E-state index contributed by atoms with van der Waals surface area (Å²) in [6.45, 7) is 7.76. The van der Waals surface area contributed by atoms with Crippen LogP contribution in [-0.4, -0.2) is 39.9 Å². The maximum absolute atomic E-state index is 12.9. The normalized spacial score (nSPS) is 16.1. The number of carboxylic acids is 1. The van der Waals surface area contributed by atoms with Crippen LogP contribution in [0.5, 0.6) is 0 Å². The van der Waals surface area contributed by atoms with Gasteiger partial charge in [-0.15, -0.1) is 0 Å². The van der Waals surface area contributed by atoms with Crippen LogP contribution >= 0.6 is 0 Å². The summed E-state index contributed by atoms with van der Waals surface area (Å²) in [6.07, 6.45) is 5.73. The van der Waals surface area contributed by atoms with Crippen molar-refractivity contribution in [2.75, 3.05) is 6.61 Å². The van der Waals surface area contributed by atoms with Crippen LogP contribution in [-0.2, 0) is 16.3 Å². The van der Waals surface area contributed by atoms with E-state index in [0.717, 1.165) is 18.9 Å². The van der Waals surface area contributed by atoms with Gasteiger partial charge in [-0.1, -0.05) is 32.5 Å². The van der Waals surface area contributed by atoms with E-state index in [2.05, 4.69) is 24.6 Å². The molecule has 0 amide bonds. The molecule has 26 heavy (non-hydrogen) atoms. The van der Waals surface area contributed by atoms with E-state index in [0.29, 0.717) is 30.0 Å². The first kappa shape index (κ1) is 18.8. The number of ether oxygens (including phenoxy) is 1. The Kier molecular flexibility index (Phi) is 5.33. The van der Waals surface area contributed by atoms with Crippen molar-refractivity contribution in [3.05, 3.63) is 28.9 Å². The Morgan fingerprint density at radius 3 is 2.77 bits per heavy atom. The first-order valence-electron chi connectivity index (χ1n) is 9.13. The van der Waals surface area contributed by atoms with Crippen molar-refractivity contribution in [1.82, 2.24) is 14.1 Å². The van der Waals surface area contributed by atoms with Crippen molar-refractivity contribution in [2.45, 2.75) is 57.7 Å². The number of aromatic nitrogens is 3. The van der Waals surface area contributed by atoms with E-state index in [1.165, 1.54) is 4.57 Å². The van der Waals surface area contributed by atoms with Gasteiger partial charge in [-0.2, -0.15) is 0 Å². The smallest absolute Gasteiger partial charge is 0.326 e. The molecule has 1 N–H and O–H groups in total. The van der Waals surface area contributed by atoms with E-state index < -0.39 is 20.1 Å². The lowest BCUT2D eigenvalue weighted by Gasteiger charge is -2.17. The molecule has 0 spiro atoms. The Balaban J connectivity index is 1.82. The zero-order valence-corrected chi connectivity index (χ0v) is 16.6. The molecule has 2 heterocycles. The first-order chi connectivity index (χ1) is 12.3. The minimum Gasteiger partial charge on any atom is -0.480 e. The topological polar surface area (TPSA) is 86.3 Å². The fourth-order valence-corrected chi connectivity index (χ4v) is 3.74. The summed E-state index contributed by atoms with van der Waals surface area (Å²) in [6, 6.07) is 1.93. The van der Waals surface area contributed by atoms with Crippen LogP contribution < -0.4 is 5.56 Å². The molecule has 0 aliphatic heterocycles. The first-order valence-corrected chi connectivity index (χ1v) is 12.8. The number of rotatable bonds is 9. The van der Waals surface area contributed by atoms with Crippen molar-refractivity contribution in [3.8, 4) is 0 Å². The number of carbonyl (C=O) groups is 1. The molecule has 1 atom stereocenters. The van der Waals surface area contributed by atoms with E-state index in [-0.39, 0.29) is 12.3 Å². The number of imidazole rings is 1. The van der Waals surface area contributed by atoms with Gasteiger partial charge in [-0.3, -0.25) is 9.36 Å². The lowest BCUT2D eigenvalue weighted by Crippen LogP contribution is -2.31. The zero-order chi connectivity index (χ0) is 18.9. The van der Waals surface area contributed by atoms with Crippen molar-refractivity contribution in [1.29, 1.82) is 0 Å². The van der Waals surface area contributed by atoms with Crippen LogP contribution in [0.4, 0.5) is 0 Å².